The largest absolute Gasteiger partial charge is 0.265 e. The molecule has 0 saturated carbocycles. The van der Waals surface area contributed by atoms with Crippen LogP contribution in [0.2, 0.25) is 6.32 Å². The Balaban J connectivity index is 3.14. The zero-order valence-electron chi connectivity index (χ0n) is 3.12. The summed E-state index contributed by atoms with van der Waals surface area (Å²) in [5.41, 5.74) is 0. The van der Waals surface area contributed by atoms with Gasteiger partial charge in [-0.1, -0.05) is 6.32 Å². The summed E-state index contributed by atoms with van der Waals surface area (Å²) in [4.78, 5) is 0. The molecule has 0 aliphatic rings. The monoisotopic (exact) mass is 88.0 g/mol. The fourth-order valence-corrected chi connectivity index (χ4v) is 0.0891. The van der Waals surface area contributed by atoms with Gasteiger partial charge < -0.3 is 0 Å². The van der Waals surface area contributed by atoms with Crippen molar-refractivity contribution >= 4 is 7.85 Å². The molecule has 32 valence electrons. The van der Waals surface area contributed by atoms with Crippen molar-refractivity contribution in [2.24, 2.45) is 0 Å². The van der Waals surface area contributed by atoms with Gasteiger partial charge >= 0.3 is 0 Å². The first kappa shape index (κ1) is 5.66. The Morgan fingerprint density at radius 3 is 2.17 bits per heavy atom. The number of hydrogen-bond acceptors (Lipinski definition) is 0. The van der Waals surface area contributed by atoms with E-state index in [1.54, 1.807) is 0 Å². The van der Waals surface area contributed by atoms with Crippen molar-refractivity contribution in [2.45, 2.75) is 6.32 Å². The van der Waals surface area contributed by atoms with Gasteiger partial charge in [0, 0.05) is 0 Å². The van der Waals surface area contributed by atoms with Crippen LogP contribution in [-0.4, -0.2) is 7.85 Å². The molecular weight excluding hydrogens is 84.8 g/mol. The van der Waals surface area contributed by atoms with Crippen molar-refractivity contribution in [3.05, 3.63) is 12.2 Å². The molecule has 0 saturated heterocycles. The van der Waals surface area contributed by atoms with Gasteiger partial charge in [-0.15, -0.1) is 0 Å². The summed E-state index contributed by atoms with van der Waals surface area (Å²) in [7, 11) is 4.67. The van der Waals surface area contributed by atoms with Crippen molar-refractivity contribution < 1.29 is 8.78 Å². The number of hydrogen-bond donors (Lipinski definition) is 0. The third-order valence-corrected chi connectivity index (χ3v) is 0.272. The van der Waals surface area contributed by atoms with Gasteiger partial charge in [0.2, 0.25) is 0 Å². The Hall–Kier alpha value is -0.335. The van der Waals surface area contributed by atoms with Crippen LogP contribution in [0.1, 0.15) is 0 Å². The highest BCUT2D eigenvalue weighted by Gasteiger charge is 1.78. The molecule has 6 heavy (non-hydrogen) atoms. The van der Waals surface area contributed by atoms with Crippen molar-refractivity contribution in [3.8, 4) is 0 Å². The second-order valence-electron chi connectivity index (χ2n) is 0.729. The predicted molar refractivity (Wildman–Crippen MR) is 20.9 cm³/mol. The lowest BCUT2D eigenvalue weighted by molar-refractivity contribution is 0.420. The van der Waals surface area contributed by atoms with E-state index in [1.807, 2.05) is 0 Å². The van der Waals surface area contributed by atoms with Crippen molar-refractivity contribution in [1.82, 2.24) is 0 Å². The van der Waals surface area contributed by atoms with Crippen LogP contribution < -0.4 is 0 Å². The maximum atomic E-state index is 10.8. The Labute approximate surface area is 36.3 Å². The molecule has 0 amide bonds. The van der Waals surface area contributed by atoms with E-state index in [1.165, 1.54) is 0 Å². The average Bonchev–Trinajstić information content (AvgIpc) is 1.35. The Kier molecular flexibility index (Phi) is 2.72. The number of halogens is 2. The van der Waals surface area contributed by atoms with Crippen LogP contribution in [0.4, 0.5) is 8.78 Å². The van der Waals surface area contributed by atoms with Gasteiger partial charge in [0.05, 0.1) is 7.85 Å². The van der Waals surface area contributed by atoms with E-state index < -0.39 is 6.08 Å². The van der Waals surface area contributed by atoms with Crippen LogP contribution in [0.25, 0.3) is 0 Å². The third-order valence-electron chi connectivity index (χ3n) is 0.272. The Morgan fingerprint density at radius 2 is 2.17 bits per heavy atom. The van der Waals surface area contributed by atoms with Crippen LogP contribution in [0.15, 0.2) is 12.2 Å². The van der Waals surface area contributed by atoms with Gasteiger partial charge in [-0.2, -0.15) is 8.78 Å². The first-order valence-corrected chi connectivity index (χ1v) is 1.48. The van der Waals surface area contributed by atoms with E-state index in [-0.39, 0.29) is 6.32 Å². The molecule has 0 rings (SSSR count). The summed E-state index contributed by atoms with van der Waals surface area (Å²) < 4.78 is 21.6. The zero-order chi connectivity index (χ0) is 4.99. The normalized spacial score (nSPS) is 7.67. The summed E-state index contributed by atoms with van der Waals surface area (Å²) in [5, 5.41) is 0. The molecule has 0 aliphatic carbocycles. The number of rotatable bonds is 1. The van der Waals surface area contributed by atoms with Gasteiger partial charge in [-0.25, -0.2) is 0 Å². The summed E-state index contributed by atoms with van der Waals surface area (Å²) >= 11 is 0. The molecule has 0 spiro atoms. The Morgan fingerprint density at radius 1 is 1.67 bits per heavy atom. The standard InChI is InChI=1S/C3H3BF2/c4-2-1-3(5)6/h1H,2H2. The number of allylic oxidation sites excluding steroid dienone is 1. The lowest BCUT2D eigenvalue weighted by Gasteiger charge is -1.71. The molecular formula is C3H3BF2. The first-order valence-electron chi connectivity index (χ1n) is 1.48. The quantitative estimate of drug-likeness (QED) is 0.424. The van der Waals surface area contributed by atoms with E-state index in [2.05, 4.69) is 7.85 Å². The highest BCUT2D eigenvalue weighted by Crippen LogP contribution is 1.95. The molecule has 0 bridgehead atoms. The average molecular weight is 87.9 g/mol. The maximum Gasteiger partial charge on any atom is 0.265 e. The highest BCUT2D eigenvalue weighted by atomic mass is 19.3. The summed E-state index contributed by atoms with van der Waals surface area (Å²) in [6.45, 7) is 0. The van der Waals surface area contributed by atoms with Crippen LogP contribution in [0.3, 0.4) is 0 Å². The lowest BCUT2D eigenvalue weighted by Crippen LogP contribution is -1.58. The van der Waals surface area contributed by atoms with E-state index in [4.69, 9.17) is 0 Å². The molecule has 0 aromatic rings. The fraction of sp³-hybridized carbons (Fsp3) is 0.333. The predicted octanol–water partition coefficient (Wildman–Crippen LogP) is 1.35. The van der Waals surface area contributed by atoms with Crippen LogP contribution in [-0.2, 0) is 0 Å². The maximum absolute atomic E-state index is 10.8. The van der Waals surface area contributed by atoms with Gasteiger partial charge in [0.15, 0.2) is 0 Å². The molecule has 0 aromatic carbocycles. The topological polar surface area (TPSA) is 0 Å². The summed E-state index contributed by atoms with van der Waals surface area (Å²) in [6.07, 6.45) is -1.14. The van der Waals surface area contributed by atoms with Gasteiger partial charge in [0.25, 0.3) is 6.08 Å². The van der Waals surface area contributed by atoms with Crippen LogP contribution >= 0.6 is 0 Å². The van der Waals surface area contributed by atoms with E-state index in [0.717, 1.165) is 0 Å². The minimum absolute atomic E-state index is 0.0810. The molecule has 0 heterocycles. The molecule has 0 unspecified atom stereocenters. The highest BCUT2D eigenvalue weighted by molar-refractivity contribution is 6.09. The van der Waals surface area contributed by atoms with Gasteiger partial charge in [-0.05, 0) is 6.08 Å². The third kappa shape index (κ3) is 3.66. The first-order chi connectivity index (χ1) is 2.77. The molecule has 0 nitrogen and oxygen atoms in total. The molecule has 0 atom stereocenters. The second kappa shape index (κ2) is 2.88. The minimum Gasteiger partial charge on any atom is -0.174 e. The zero-order valence-corrected chi connectivity index (χ0v) is 3.12. The SMILES string of the molecule is [B]CC=C(F)F. The van der Waals surface area contributed by atoms with Crippen molar-refractivity contribution in [2.75, 3.05) is 0 Å². The summed E-state index contributed by atoms with van der Waals surface area (Å²) in [6, 6.07) is 0. The van der Waals surface area contributed by atoms with Gasteiger partial charge in [-0.3, -0.25) is 0 Å². The van der Waals surface area contributed by atoms with E-state index in [9.17, 15) is 8.78 Å². The van der Waals surface area contributed by atoms with Crippen LogP contribution in [0.5, 0.6) is 0 Å². The molecule has 0 fully saturated rings. The molecule has 0 aromatic heterocycles. The molecule has 2 radical (unpaired) electrons. The van der Waals surface area contributed by atoms with Crippen molar-refractivity contribution in [3.63, 3.8) is 0 Å². The minimum atomic E-state index is -1.71. The Bertz CT molecular complexity index is 55.8. The van der Waals surface area contributed by atoms with E-state index >= 15 is 0 Å². The van der Waals surface area contributed by atoms with Crippen molar-refractivity contribution in [1.29, 1.82) is 0 Å². The molecule has 0 aliphatic heterocycles. The lowest BCUT2D eigenvalue weighted by atomic mass is 10.1. The molecule has 0 N–H and O–H groups in total. The summed E-state index contributed by atoms with van der Waals surface area (Å²) in [5.74, 6) is 0. The van der Waals surface area contributed by atoms with Gasteiger partial charge in [0.1, 0.15) is 0 Å². The molecule has 3 heteroatoms. The second-order valence-corrected chi connectivity index (χ2v) is 0.729. The van der Waals surface area contributed by atoms with Crippen LogP contribution in [0, 0.1) is 0 Å². The smallest absolute Gasteiger partial charge is 0.174 e. The fourth-order valence-electron chi connectivity index (χ4n) is 0.0891. The van der Waals surface area contributed by atoms with E-state index in [0.29, 0.717) is 6.08 Å².